The van der Waals surface area contributed by atoms with Gasteiger partial charge in [0.25, 0.3) is 17.7 Å². The molecule has 0 atom stereocenters. The molecule has 2 aromatic rings. The van der Waals surface area contributed by atoms with Crippen LogP contribution in [0.25, 0.3) is 0 Å². The molecule has 0 aromatic heterocycles. The van der Waals surface area contributed by atoms with E-state index in [1.807, 2.05) is 0 Å². The number of carbonyl (C=O) groups is 4. The van der Waals surface area contributed by atoms with Crippen molar-refractivity contribution < 1.29 is 23.9 Å². The Hall–Kier alpha value is -3.68. The molecule has 1 fully saturated rings. The fraction of sp³-hybridized carbons (Fsp3) is 0.304. The highest BCUT2D eigenvalue weighted by Crippen LogP contribution is 2.20. The van der Waals surface area contributed by atoms with Gasteiger partial charge in [-0.15, -0.1) is 0 Å². The molecular formula is C23H25N3O5. The number of hydrogen-bond acceptors (Lipinski definition) is 5. The first-order valence-corrected chi connectivity index (χ1v) is 10.2. The SMILES string of the molecule is O=C(COC(=O)CNC(=O)c1ccccc1)Nc1ccccc1C(=O)NC1CCCC1. The summed E-state index contributed by atoms with van der Waals surface area (Å²) in [6, 6.07) is 15.3. The summed E-state index contributed by atoms with van der Waals surface area (Å²) in [6.45, 7) is -0.889. The van der Waals surface area contributed by atoms with Crippen molar-refractivity contribution in [2.75, 3.05) is 18.5 Å². The van der Waals surface area contributed by atoms with E-state index in [4.69, 9.17) is 4.74 Å². The van der Waals surface area contributed by atoms with Crippen LogP contribution in [-0.4, -0.2) is 42.9 Å². The number of rotatable bonds is 8. The second-order valence-corrected chi connectivity index (χ2v) is 7.26. The Labute approximate surface area is 180 Å². The number of esters is 1. The molecule has 162 valence electrons. The standard InChI is InChI=1S/C23H25N3O5/c27-20(15-31-21(28)14-24-22(29)16-8-2-1-3-9-16)26-19-13-7-6-12-18(19)23(30)25-17-10-4-5-11-17/h1-3,6-9,12-13,17H,4-5,10-11,14-15H2,(H,24,29)(H,25,30)(H,26,27). The highest BCUT2D eigenvalue weighted by Gasteiger charge is 2.20. The molecule has 1 aliphatic rings. The van der Waals surface area contributed by atoms with Gasteiger partial charge in [-0.1, -0.05) is 43.2 Å². The van der Waals surface area contributed by atoms with E-state index in [1.54, 1.807) is 54.6 Å². The fourth-order valence-corrected chi connectivity index (χ4v) is 3.35. The summed E-state index contributed by atoms with van der Waals surface area (Å²) in [4.78, 5) is 48.5. The largest absolute Gasteiger partial charge is 0.454 e. The minimum absolute atomic E-state index is 0.156. The number of nitrogens with one attached hydrogen (secondary N) is 3. The van der Waals surface area contributed by atoms with Crippen LogP contribution in [0.15, 0.2) is 54.6 Å². The van der Waals surface area contributed by atoms with Gasteiger partial charge in [-0.05, 0) is 37.1 Å². The third-order valence-electron chi connectivity index (χ3n) is 4.93. The lowest BCUT2D eigenvalue weighted by atomic mass is 10.1. The summed E-state index contributed by atoms with van der Waals surface area (Å²) in [6.07, 6.45) is 4.11. The van der Waals surface area contributed by atoms with Crippen LogP contribution in [0, 0.1) is 0 Å². The van der Waals surface area contributed by atoms with Crippen molar-refractivity contribution in [2.24, 2.45) is 0 Å². The third-order valence-corrected chi connectivity index (χ3v) is 4.93. The topological polar surface area (TPSA) is 114 Å². The van der Waals surface area contributed by atoms with E-state index in [0.29, 0.717) is 16.8 Å². The summed E-state index contributed by atoms with van der Waals surface area (Å²) < 4.78 is 4.90. The van der Waals surface area contributed by atoms with Crippen LogP contribution in [0.2, 0.25) is 0 Å². The lowest BCUT2D eigenvalue weighted by Gasteiger charge is -2.15. The molecule has 3 N–H and O–H groups in total. The molecule has 31 heavy (non-hydrogen) atoms. The van der Waals surface area contributed by atoms with Crippen molar-refractivity contribution in [3.63, 3.8) is 0 Å². The maximum Gasteiger partial charge on any atom is 0.325 e. The summed E-state index contributed by atoms with van der Waals surface area (Å²) in [5, 5.41) is 8.01. The van der Waals surface area contributed by atoms with Crippen molar-refractivity contribution in [2.45, 2.75) is 31.7 Å². The molecule has 1 aliphatic carbocycles. The zero-order valence-electron chi connectivity index (χ0n) is 17.1. The van der Waals surface area contributed by atoms with Gasteiger partial charge in [-0.3, -0.25) is 19.2 Å². The Morgan fingerprint density at radius 2 is 1.55 bits per heavy atom. The number of anilines is 1. The van der Waals surface area contributed by atoms with E-state index in [0.717, 1.165) is 25.7 Å². The van der Waals surface area contributed by atoms with Gasteiger partial charge in [0.2, 0.25) is 0 Å². The first-order chi connectivity index (χ1) is 15.0. The number of hydrogen-bond donors (Lipinski definition) is 3. The fourth-order valence-electron chi connectivity index (χ4n) is 3.35. The minimum Gasteiger partial charge on any atom is -0.454 e. The van der Waals surface area contributed by atoms with Gasteiger partial charge in [-0.2, -0.15) is 0 Å². The van der Waals surface area contributed by atoms with Crippen molar-refractivity contribution in [1.29, 1.82) is 0 Å². The Kier molecular flexibility index (Phi) is 7.75. The van der Waals surface area contributed by atoms with Gasteiger partial charge in [0, 0.05) is 11.6 Å². The molecule has 0 bridgehead atoms. The van der Waals surface area contributed by atoms with E-state index in [1.165, 1.54) is 0 Å². The number of benzene rings is 2. The van der Waals surface area contributed by atoms with Gasteiger partial charge in [-0.25, -0.2) is 0 Å². The summed E-state index contributed by atoms with van der Waals surface area (Å²) >= 11 is 0. The molecule has 0 aliphatic heterocycles. The van der Waals surface area contributed by atoms with Gasteiger partial charge in [0.1, 0.15) is 6.54 Å². The van der Waals surface area contributed by atoms with Crippen molar-refractivity contribution >= 4 is 29.4 Å². The van der Waals surface area contributed by atoms with E-state index in [9.17, 15) is 19.2 Å². The average Bonchev–Trinajstić information content (AvgIpc) is 3.30. The maximum atomic E-state index is 12.5. The van der Waals surface area contributed by atoms with Gasteiger partial charge >= 0.3 is 5.97 Å². The molecule has 1 saturated carbocycles. The van der Waals surface area contributed by atoms with E-state index in [2.05, 4.69) is 16.0 Å². The molecule has 8 nitrogen and oxygen atoms in total. The van der Waals surface area contributed by atoms with Crippen LogP contribution < -0.4 is 16.0 Å². The number of carbonyl (C=O) groups excluding carboxylic acids is 4. The first kappa shape index (κ1) is 22.0. The number of amides is 3. The molecule has 0 heterocycles. The van der Waals surface area contributed by atoms with Gasteiger partial charge in [0.15, 0.2) is 6.61 Å². The van der Waals surface area contributed by atoms with E-state index >= 15 is 0 Å². The second kappa shape index (κ2) is 10.9. The average molecular weight is 423 g/mol. The third kappa shape index (κ3) is 6.67. The predicted molar refractivity (Wildman–Crippen MR) is 115 cm³/mol. The number of ether oxygens (including phenoxy) is 1. The zero-order valence-corrected chi connectivity index (χ0v) is 17.1. The smallest absolute Gasteiger partial charge is 0.325 e. The van der Waals surface area contributed by atoms with Crippen LogP contribution in [0.5, 0.6) is 0 Å². The Bertz CT molecular complexity index is 939. The summed E-state index contributed by atoms with van der Waals surface area (Å²) in [7, 11) is 0. The Morgan fingerprint density at radius 1 is 0.871 bits per heavy atom. The molecule has 0 radical (unpaired) electrons. The molecule has 8 heteroatoms. The lowest BCUT2D eigenvalue weighted by Crippen LogP contribution is -2.34. The predicted octanol–water partition coefficient (Wildman–Crippen LogP) is 2.27. The zero-order chi connectivity index (χ0) is 22.1. The lowest BCUT2D eigenvalue weighted by molar-refractivity contribution is -0.146. The highest BCUT2D eigenvalue weighted by molar-refractivity contribution is 6.04. The molecule has 0 unspecified atom stereocenters. The molecule has 3 rings (SSSR count). The highest BCUT2D eigenvalue weighted by atomic mass is 16.5. The van der Waals surface area contributed by atoms with Gasteiger partial charge < -0.3 is 20.7 Å². The molecule has 2 aromatic carbocycles. The van der Waals surface area contributed by atoms with Crippen LogP contribution in [0.1, 0.15) is 46.4 Å². The summed E-state index contributed by atoms with van der Waals surface area (Å²) in [5.74, 6) is -1.98. The number of para-hydroxylation sites is 1. The van der Waals surface area contributed by atoms with Crippen molar-refractivity contribution in [3.8, 4) is 0 Å². The van der Waals surface area contributed by atoms with Crippen molar-refractivity contribution in [1.82, 2.24) is 10.6 Å². The molecule has 3 amide bonds. The van der Waals surface area contributed by atoms with Crippen LogP contribution in [-0.2, 0) is 14.3 Å². The van der Waals surface area contributed by atoms with E-state index < -0.39 is 24.4 Å². The first-order valence-electron chi connectivity index (χ1n) is 10.2. The quantitative estimate of drug-likeness (QED) is 0.564. The monoisotopic (exact) mass is 423 g/mol. The van der Waals surface area contributed by atoms with Crippen LogP contribution in [0.4, 0.5) is 5.69 Å². The van der Waals surface area contributed by atoms with E-state index in [-0.39, 0.29) is 18.5 Å². The van der Waals surface area contributed by atoms with Gasteiger partial charge in [0.05, 0.1) is 11.3 Å². The normalized spacial score (nSPS) is 13.3. The second-order valence-electron chi connectivity index (χ2n) is 7.26. The molecular weight excluding hydrogens is 398 g/mol. The molecule has 0 saturated heterocycles. The Morgan fingerprint density at radius 3 is 2.29 bits per heavy atom. The van der Waals surface area contributed by atoms with Crippen LogP contribution >= 0.6 is 0 Å². The molecule has 0 spiro atoms. The van der Waals surface area contributed by atoms with Crippen molar-refractivity contribution in [3.05, 3.63) is 65.7 Å². The summed E-state index contributed by atoms with van der Waals surface area (Å²) in [5.41, 5.74) is 1.11. The maximum absolute atomic E-state index is 12.5. The van der Waals surface area contributed by atoms with Crippen LogP contribution in [0.3, 0.4) is 0 Å². The minimum atomic E-state index is -0.744. The Balaban J connectivity index is 1.45.